The molecule has 2 fully saturated rings. The first-order valence-corrected chi connectivity index (χ1v) is 18.9. The first kappa shape index (κ1) is 38.9. The SMILES string of the molecule is C=C1OB(CCCCC(CCCN2CCN(c3ccc(Cl)c(Cl)c3)CC2)(N=C(c2ccccc2)c2ccccc2)C(=O)OC(C)(C)C)OC1(C)C. The number of nitrogens with zero attached hydrogens (tertiary/aromatic N) is 3. The average Bonchev–Trinajstić information content (AvgIpc) is 3.37. The van der Waals surface area contributed by atoms with E-state index in [0.717, 1.165) is 74.5 Å². The minimum Gasteiger partial charge on any atom is -0.537 e. The molecular formula is C41H52BCl2N3O4. The number of ether oxygens (including phenoxy) is 1. The minimum absolute atomic E-state index is 0.285. The Morgan fingerprint density at radius 3 is 2.04 bits per heavy atom. The van der Waals surface area contributed by atoms with E-state index >= 15 is 0 Å². The normalized spacial score (nSPS) is 17.5. The molecule has 0 aliphatic carbocycles. The van der Waals surface area contributed by atoms with Crippen molar-refractivity contribution in [2.24, 2.45) is 4.99 Å². The van der Waals surface area contributed by atoms with Gasteiger partial charge in [0.25, 0.3) is 0 Å². The first-order valence-electron chi connectivity index (χ1n) is 18.2. The van der Waals surface area contributed by atoms with E-state index in [9.17, 15) is 4.79 Å². The highest BCUT2D eigenvalue weighted by atomic mass is 35.5. The average molecular weight is 733 g/mol. The Hall–Kier alpha value is -3.30. The van der Waals surface area contributed by atoms with Crippen LogP contribution in [0.5, 0.6) is 0 Å². The lowest BCUT2D eigenvalue weighted by Crippen LogP contribution is -2.47. The molecule has 272 valence electrons. The second-order valence-corrected chi connectivity index (χ2v) is 15.9. The highest BCUT2D eigenvalue weighted by Crippen LogP contribution is 2.35. The van der Waals surface area contributed by atoms with Crippen molar-refractivity contribution in [3.8, 4) is 0 Å². The number of carbonyl (C=O) groups excluding carboxylic acids is 1. The number of anilines is 1. The Bertz CT molecular complexity index is 1610. The van der Waals surface area contributed by atoms with Crippen LogP contribution in [0.25, 0.3) is 0 Å². The molecule has 0 amide bonds. The molecule has 3 aromatic rings. The summed E-state index contributed by atoms with van der Waals surface area (Å²) >= 11 is 12.5. The van der Waals surface area contributed by atoms with Crippen LogP contribution < -0.4 is 4.90 Å². The van der Waals surface area contributed by atoms with E-state index in [1.165, 1.54) is 0 Å². The number of carbonyl (C=O) groups is 1. The third-order valence-corrected chi connectivity index (χ3v) is 10.3. The van der Waals surface area contributed by atoms with E-state index in [-0.39, 0.29) is 13.1 Å². The molecule has 2 aliphatic rings. The van der Waals surface area contributed by atoms with E-state index < -0.39 is 16.7 Å². The summed E-state index contributed by atoms with van der Waals surface area (Å²) in [4.78, 5) is 24.9. The number of piperazine rings is 1. The quantitative estimate of drug-likeness (QED) is 0.0713. The van der Waals surface area contributed by atoms with Gasteiger partial charge in [0.2, 0.25) is 0 Å². The van der Waals surface area contributed by atoms with E-state index in [2.05, 4.69) is 40.6 Å². The number of rotatable bonds is 14. The lowest BCUT2D eigenvalue weighted by Gasteiger charge is -2.37. The highest BCUT2D eigenvalue weighted by molar-refractivity contribution is 6.45. The van der Waals surface area contributed by atoms with Crippen LogP contribution in [0.15, 0.2) is 96.2 Å². The van der Waals surface area contributed by atoms with Crippen molar-refractivity contribution < 1.29 is 18.8 Å². The van der Waals surface area contributed by atoms with Gasteiger partial charge in [-0.1, -0.05) is 103 Å². The van der Waals surface area contributed by atoms with E-state index in [4.69, 9.17) is 42.2 Å². The summed E-state index contributed by atoms with van der Waals surface area (Å²) in [7, 11) is -0.348. The summed E-state index contributed by atoms with van der Waals surface area (Å²) in [6.07, 6.45) is 4.12. The smallest absolute Gasteiger partial charge is 0.525 e. The molecule has 2 aliphatic heterocycles. The number of unbranched alkanes of at least 4 members (excludes halogenated alkanes) is 1. The summed E-state index contributed by atoms with van der Waals surface area (Å²) in [6, 6.07) is 26.1. The molecule has 10 heteroatoms. The van der Waals surface area contributed by atoms with E-state index in [1.54, 1.807) is 0 Å². The lowest BCUT2D eigenvalue weighted by molar-refractivity contribution is -0.162. The molecule has 0 aromatic heterocycles. The van der Waals surface area contributed by atoms with Crippen LogP contribution in [0.2, 0.25) is 16.4 Å². The zero-order chi connectivity index (χ0) is 36.6. The maximum absolute atomic E-state index is 14.6. The zero-order valence-corrected chi connectivity index (χ0v) is 32.3. The van der Waals surface area contributed by atoms with Gasteiger partial charge in [-0.2, -0.15) is 0 Å². The number of halogens is 2. The summed E-state index contributed by atoms with van der Waals surface area (Å²) in [5, 5.41) is 1.13. The Kier molecular flexibility index (Phi) is 13.0. The number of hydrogen-bond acceptors (Lipinski definition) is 7. The predicted octanol–water partition coefficient (Wildman–Crippen LogP) is 9.51. The molecule has 2 heterocycles. The number of benzene rings is 3. The van der Waals surface area contributed by atoms with Gasteiger partial charge in [-0.25, -0.2) is 4.79 Å². The number of esters is 1. The maximum Gasteiger partial charge on any atom is 0.525 e. The molecule has 0 N–H and O–H groups in total. The molecule has 0 bridgehead atoms. The van der Waals surface area contributed by atoms with Crippen molar-refractivity contribution in [2.45, 2.75) is 89.8 Å². The van der Waals surface area contributed by atoms with Crippen molar-refractivity contribution in [3.05, 3.63) is 112 Å². The van der Waals surface area contributed by atoms with Gasteiger partial charge in [0.05, 0.1) is 21.5 Å². The first-order chi connectivity index (χ1) is 24.2. The molecule has 0 spiro atoms. The van der Waals surface area contributed by atoms with Crippen LogP contribution in [0.1, 0.15) is 77.8 Å². The summed E-state index contributed by atoms with van der Waals surface area (Å²) in [5.74, 6) is 0.361. The van der Waals surface area contributed by atoms with Crippen molar-refractivity contribution >= 4 is 47.7 Å². The topological polar surface area (TPSA) is 63.6 Å². The van der Waals surface area contributed by atoms with Gasteiger partial charge in [0, 0.05) is 43.0 Å². The lowest BCUT2D eigenvalue weighted by atomic mass is 9.80. The second-order valence-electron chi connectivity index (χ2n) is 15.1. The Balaban J connectivity index is 1.39. The summed E-state index contributed by atoms with van der Waals surface area (Å²) in [5.41, 5.74) is 1.51. The fourth-order valence-corrected chi connectivity index (χ4v) is 6.93. The molecule has 51 heavy (non-hydrogen) atoms. The van der Waals surface area contributed by atoms with Crippen LogP contribution in [-0.4, -0.2) is 73.2 Å². The van der Waals surface area contributed by atoms with Gasteiger partial charge in [-0.3, -0.25) is 9.89 Å². The standard InChI is InChI=1S/C41H52BCl2N3O4/c1-31-40(5,6)51-42(50-31)24-14-13-22-41(38(48)49-39(2,3)4,45-37(32-16-9-7-10-17-32)33-18-11-8-12-19-33)23-15-25-46-26-28-47(29-27-46)34-20-21-35(43)36(44)30-34/h7-12,16-21,30H,1,13-15,22-29H2,2-6H3. The zero-order valence-electron chi connectivity index (χ0n) is 30.8. The van der Waals surface area contributed by atoms with E-state index in [0.29, 0.717) is 35.0 Å². The van der Waals surface area contributed by atoms with Crippen molar-refractivity contribution in [1.82, 2.24) is 4.90 Å². The molecule has 1 unspecified atom stereocenters. The highest BCUT2D eigenvalue weighted by Gasteiger charge is 2.43. The van der Waals surface area contributed by atoms with Gasteiger partial charge in [0.15, 0.2) is 5.54 Å². The molecule has 0 saturated carbocycles. The second kappa shape index (κ2) is 17.0. The molecule has 1 atom stereocenters. The fourth-order valence-electron chi connectivity index (χ4n) is 6.63. The van der Waals surface area contributed by atoms with Crippen molar-refractivity contribution in [3.63, 3.8) is 0 Å². The molecule has 3 aromatic carbocycles. The van der Waals surface area contributed by atoms with Gasteiger partial charge < -0.3 is 18.9 Å². The van der Waals surface area contributed by atoms with E-state index in [1.807, 2.05) is 89.2 Å². The Labute approximate surface area is 315 Å². The summed E-state index contributed by atoms with van der Waals surface area (Å²) < 4.78 is 18.3. The summed E-state index contributed by atoms with van der Waals surface area (Å²) in [6.45, 7) is 18.2. The number of aliphatic imine (C=N–C) groups is 1. The molecule has 7 nitrogen and oxygen atoms in total. The number of hydrogen-bond donors (Lipinski definition) is 0. The van der Waals surface area contributed by atoms with Crippen LogP contribution in [0.3, 0.4) is 0 Å². The molecule has 0 radical (unpaired) electrons. The molecule has 2 saturated heterocycles. The van der Waals surface area contributed by atoms with Gasteiger partial charge in [-0.05, 0) is 84.9 Å². The van der Waals surface area contributed by atoms with Crippen LogP contribution in [0.4, 0.5) is 5.69 Å². The Morgan fingerprint density at radius 1 is 0.882 bits per heavy atom. The van der Waals surface area contributed by atoms with Crippen molar-refractivity contribution in [1.29, 1.82) is 0 Å². The fraction of sp³-hybridized carbons (Fsp3) is 0.463. The van der Waals surface area contributed by atoms with Crippen molar-refractivity contribution in [2.75, 3.05) is 37.6 Å². The predicted molar refractivity (Wildman–Crippen MR) is 211 cm³/mol. The maximum atomic E-state index is 14.6. The van der Waals surface area contributed by atoms with Crippen LogP contribution >= 0.6 is 23.2 Å². The third kappa shape index (κ3) is 10.6. The Morgan fingerprint density at radius 2 is 1.49 bits per heavy atom. The van der Waals surface area contributed by atoms with Gasteiger partial charge >= 0.3 is 13.1 Å². The van der Waals surface area contributed by atoms with Crippen LogP contribution in [0, 0.1) is 0 Å². The minimum atomic E-state index is -1.10. The van der Waals surface area contributed by atoms with Gasteiger partial charge in [-0.15, -0.1) is 0 Å². The molecule has 5 rings (SSSR count). The monoisotopic (exact) mass is 731 g/mol. The van der Waals surface area contributed by atoms with Gasteiger partial charge in [0.1, 0.15) is 11.2 Å². The third-order valence-electron chi connectivity index (χ3n) is 9.56. The molecular weight excluding hydrogens is 680 g/mol. The largest absolute Gasteiger partial charge is 0.537 e. The van der Waals surface area contributed by atoms with Crippen LogP contribution in [-0.2, 0) is 18.8 Å².